The van der Waals surface area contributed by atoms with Gasteiger partial charge in [-0.05, 0) is 24.7 Å². The molecular weight excluding hydrogens is 204 g/mol. The molecule has 16 heavy (non-hydrogen) atoms. The van der Waals surface area contributed by atoms with Crippen LogP contribution in [0.25, 0.3) is 0 Å². The molecule has 4 heteroatoms. The lowest BCUT2D eigenvalue weighted by Crippen LogP contribution is -2.38. The molecule has 90 valence electrons. The summed E-state index contributed by atoms with van der Waals surface area (Å²) in [6.45, 7) is 5.45. The van der Waals surface area contributed by atoms with Gasteiger partial charge >= 0.3 is 0 Å². The molecule has 1 aliphatic rings. The Balaban J connectivity index is 2.34. The Hall–Kier alpha value is -1.08. The van der Waals surface area contributed by atoms with E-state index >= 15 is 0 Å². The van der Waals surface area contributed by atoms with Gasteiger partial charge in [-0.15, -0.1) is 0 Å². The molecule has 1 fully saturated rings. The van der Waals surface area contributed by atoms with Gasteiger partial charge in [-0.2, -0.15) is 5.26 Å². The van der Waals surface area contributed by atoms with Crippen molar-refractivity contribution in [3.8, 4) is 6.07 Å². The Labute approximate surface area is 97.0 Å². The third-order valence-electron chi connectivity index (χ3n) is 3.11. The van der Waals surface area contributed by atoms with E-state index in [1.54, 1.807) is 7.11 Å². The van der Waals surface area contributed by atoms with E-state index in [1.807, 2.05) is 0 Å². The van der Waals surface area contributed by atoms with Crippen molar-refractivity contribution in [2.24, 2.45) is 10.8 Å². The highest BCUT2D eigenvalue weighted by Gasteiger charge is 2.50. The second-order valence-corrected chi connectivity index (χ2v) is 5.28. The zero-order chi connectivity index (χ0) is 12.2. The summed E-state index contributed by atoms with van der Waals surface area (Å²) in [7, 11) is 1.67. The second kappa shape index (κ2) is 4.84. The van der Waals surface area contributed by atoms with Crippen LogP contribution in [0.1, 0.15) is 33.1 Å². The van der Waals surface area contributed by atoms with E-state index in [1.165, 1.54) is 0 Å². The van der Waals surface area contributed by atoms with Crippen molar-refractivity contribution < 1.29 is 9.53 Å². The van der Waals surface area contributed by atoms with E-state index in [0.29, 0.717) is 26.0 Å². The highest BCUT2D eigenvalue weighted by Crippen LogP contribution is 2.45. The number of carbonyl (C=O) groups is 1. The predicted octanol–water partition coefficient (Wildman–Crippen LogP) is 1.47. The first-order chi connectivity index (χ1) is 7.46. The second-order valence-electron chi connectivity index (χ2n) is 5.28. The van der Waals surface area contributed by atoms with Gasteiger partial charge in [0.1, 0.15) is 5.41 Å². The normalized spacial score (nSPS) is 17.6. The quantitative estimate of drug-likeness (QED) is 0.743. The zero-order valence-electron chi connectivity index (χ0n) is 10.3. The maximum Gasteiger partial charge on any atom is 0.240 e. The SMILES string of the molecule is COCCC(C)(C)CNC(=O)C1(C#N)CC1. The van der Waals surface area contributed by atoms with Crippen molar-refractivity contribution >= 4 is 5.91 Å². The molecule has 0 unspecified atom stereocenters. The van der Waals surface area contributed by atoms with E-state index < -0.39 is 5.41 Å². The largest absolute Gasteiger partial charge is 0.385 e. The van der Waals surface area contributed by atoms with Gasteiger partial charge in [-0.25, -0.2) is 0 Å². The number of carbonyl (C=O) groups excluding carboxylic acids is 1. The Morgan fingerprint density at radius 2 is 2.19 bits per heavy atom. The van der Waals surface area contributed by atoms with Crippen LogP contribution in [0.15, 0.2) is 0 Å². The molecule has 0 heterocycles. The fraction of sp³-hybridized carbons (Fsp3) is 0.833. The molecule has 0 spiro atoms. The minimum atomic E-state index is -0.711. The first kappa shape index (κ1) is 13.0. The highest BCUT2D eigenvalue weighted by atomic mass is 16.5. The summed E-state index contributed by atoms with van der Waals surface area (Å²) in [4.78, 5) is 11.7. The fourth-order valence-electron chi connectivity index (χ4n) is 1.47. The van der Waals surface area contributed by atoms with Crippen molar-refractivity contribution in [1.29, 1.82) is 5.26 Å². The number of ether oxygens (including phenoxy) is 1. The molecule has 0 aromatic carbocycles. The van der Waals surface area contributed by atoms with E-state index in [9.17, 15) is 4.79 Å². The Kier molecular flexibility index (Phi) is 3.93. The van der Waals surface area contributed by atoms with Gasteiger partial charge in [0.25, 0.3) is 0 Å². The number of amides is 1. The van der Waals surface area contributed by atoms with Crippen LogP contribution in [0.4, 0.5) is 0 Å². The third-order valence-corrected chi connectivity index (χ3v) is 3.11. The van der Waals surface area contributed by atoms with E-state index in [2.05, 4.69) is 25.2 Å². The summed E-state index contributed by atoms with van der Waals surface area (Å²) in [5, 5.41) is 11.7. The zero-order valence-corrected chi connectivity index (χ0v) is 10.3. The molecule has 0 aromatic rings. The van der Waals surface area contributed by atoms with Crippen molar-refractivity contribution in [2.75, 3.05) is 20.3 Å². The van der Waals surface area contributed by atoms with Crippen molar-refractivity contribution in [3.63, 3.8) is 0 Å². The highest BCUT2D eigenvalue weighted by molar-refractivity contribution is 5.88. The van der Waals surface area contributed by atoms with Crippen molar-refractivity contribution in [1.82, 2.24) is 5.32 Å². The van der Waals surface area contributed by atoms with Gasteiger partial charge in [-0.1, -0.05) is 13.8 Å². The Morgan fingerprint density at radius 1 is 1.56 bits per heavy atom. The average Bonchev–Trinajstić information content (AvgIpc) is 3.04. The summed E-state index contributed by atoms with van der Waals surface area (Å²) in [5.41, 5.74) is -0.700. The summed E-state index contributed by atoms with van der Waals surface area (Å²) in [5.74, 6) is -0.111. The van der Waals surface area contributed by atoms with Crippen LogP contribution in [-0.2, 0) is 9.53 Å². The van der Waals surface area contributed by atoms with Gasteiger partial charge in [0.2, 0.25) is 5.91 Å². The summed E-state index contributed by atoms with van der Waals surface area (Å²) in [6.07, 6.45) is 2.30. The molecule has 1 rings (SSSR count). The minimum absolute atomic E-state index is 0.0111. The average molecular weight is 224 g/mol. The molecule has 0 atom stereocenters. The first-order valence-corrected chi connectivity index (χ1v) is 5.64. The molecule has 1 aliphatic carbocycles. The van der Waals surface area contributed by atoms with Crippen LogP contribution in [-0.4, -0.2) is 26.2 Å². The van der Waals surface area contributed by atoms with Crippen LogP contribution < -0.4 is 5.32 Å². The van der Waals surface area contributed by atoms with Gasteiger partial charge < -0.3 is 10.1 Å². The lowest BCUT2D eigenvalue weighted by atomic mass is 9.89. The van der Waals surface area contributed by atoms with Crippen LogP contribution in [0, 0.1) is 22.2 Å². The molecular formula is C12H20N2O2. The standard InChI is InChI=1S/C12H20N2O2/c1-11(2,6-7-16-3)9-14-10(15)12(8-13)4-5-12/h4-7,9H2,1-3H3,(H,14,15). The lowest BCUT2D eigenvalue weighted by molar-refractivity contribution is -0.124. The lowest BCUT2D eigenvalue weighted by Gasteiger charge is -2.25. The molecule has 0 bridgehead atoms. The summed E-state index contributed by atoms with van der Waals surface area (Å²) < 4.78 is 5.02. The fourth-order valence-corrected chi connectivity index (χ4v) is 1.47. The van der Waals surface area contributed by atoms with Crippen molar-refractivity contribution in [3.05, 3.63) is 0 Å². The molecule has 0 saturated heterocycles. The molecule has 0 aliphatic heterocycles. The van der Waals surface area contributed by atoms with Crippen LogP contribution >= 0.6 is 0 Å². The summed E-state index contributed by atoms with van der Waals surface area (Å²) >= 11 is 0. The summed E-state index contributed by atoms with van der Waals surface area (Å²) in [6, 6.07) is 2.09. The van der Waals surface area contributed by atoms with E-state index in [4.69, 9.17) is 10.00 Å². The van der Waals surface area contributed by atoms with Crippen LogP contribution in [0.3, 0.4) is 0 Å². The number of nitrogens with zero attached hydrogens (tertiary/aromatic N) is 1. The number of nitriles is 1. The number of hydrogen-bond acceptors (Lipinski definition) is 3. The molecule has 4 nitrogen and oxygen atoms in total. The van der Waals surface area contributed by atoms with Gasteiger partial charge in [0, 0.05) is 20.3 Å². The molecule has 1 saturated carbocycles. The minimum Gasteiger partial charge on any atom is -0.385 e. The van der Waals surface area contributed by atoms with E-state index in [0.717, 1.165) is 6.42 Å². The first-order valence-electron chi connectivity index (χ1n) is 5.64. The maximum absolute atomic E-state index is 11.7. The smallest absolute Gasteiger partial charge is 0.240 e. The van der Waals surface area contributed by atoms with Crippen LogP contribution in [0.2, 0.25) is 0 Å². The maximum atomic E-state index is 11.7. The molecule has 1 amide bonds. The van der Waals surface area contributed by atoms with Gasteiger partial charge in [-0.3, -0.25) is 4.79 Å². The number of methoxy groups -OCH3 is 1. The van der Waals surface area contributed by atoms with E-state index in [-0.39, 0.29) is 11.3 Å². The monoisotopic (exact) mass is 224 g/mol. The Morgan fingerprint density at radius 3 is 2.62 bits per heavy atom. The van der Waals surface area contributed by atoms with Gasteiger partial charge in [0.05, 0.1) is 6.07 Å². The Bertz CT molecular complexity index is 301. The number of nitrogens with one attached hydrogen (secondary N) is 1. The number of rotatable bonds is 6. The van der Waals surface area contributed by atoms with Crippen molar-refractivity contribution in [2.45, 2.75) is 33.1 Å². The van der Waals surface area contributed by atoms with Crippen LogP contribution in [0.5, 0.6) is 0 Å². The predicted molar refractivity (Wildman–Crippen MR) is 60.6 cm³/mol. The topological polar surface area (TPSA) is 62.1 Å². The third kappa shape index (κ3) is 3.21. The number of hydrogen-bond donors (Lipinski definition) is 1. The molecule has 0 aromatic heterocycles. The molecule has 0 radical (unpaired) electrons. The molecule has 1 N–H and O–H groups in total. The van der Waals surface area contributed by atoms with Gasteiger partial charge in [0.15, 0.2) is 0 Å².